The first-order valence-electron chi connectivity index (χ1n) is 9.99. The van der Waals surface area contributed by atoms with Crippen molar-refractivity contribution >= 4 is 17.2 Å². The lowest BCUT2D eigenvalue weighted by Gasteiger charge is -2.08. The van der Waals surface area contributed by atoms with Crippen LogP contribution in [0, 0.1) is 0 Å². The minimum Gasteiger partial charge on any atom is -0.340 e. The van der Waals surface area contributed by atoms with Crippen molar-refractivity contribution in [3.8, 4) is 22.5 Å². The highest BCUT2D eigenvalue weighted by Gasteiger charge is 2.10. The van der Waals surface area contributed by atoms with Gasteiger partial charge >= 0.3 is 0 Å². The van der Waals surface area contributed by atoms with E-state index < -0.39 is 0 Å². The molecule has 0 saturated carbocycles. The highest BCUT2D eigenvalue weighted by Crippen LogP contribution is 2.25. The Bertz CT molecular complexity index is 1310. The number of fused-ring (bicyclic) bond motifs is 1. The van der Waals surface area contributed by atoms with Gasteiger partial charge in [-0.2, -0.15) is 5.10 Å². The normalized spacial score (nSPS) is 11.1. The Balaban J connectivity index is 1.45. The van der Waals surface area contributed by atoms with Crippen molar-refractivity contribution in [3.05, 3.63) is 84.9 Å². The van der Waals surface area contributed by atoms with E-state index in [1.54, 1.807) is 4.68 Å². The van der Waals surface area contributed by atoms with Gasteiger partial charge in [0.1, 0.15) is 11.5 Å². The van der Waals surface area contributed by atoms with Crippen molar-refractivity contribution in [2.45, 2.75) is 13.3 Å². The van der Waals surface area contributed by atoms with Crippen LogP contribution in [0.5, 0.6) is 0 Å². The molecule has 0 radical (unpaired) electrons. The third-order valence-corrected chi connectivity index (χ3v) is 5.20. The molecule has 1 aromatic carbocycles. The highest BCUT2D eigenvalue weighted by atomic mass is 15.2. The Labute approximate surface area is 174 Å². The number of rotatable bonds is 5. The Morgan fingerprint density at radius 1 is 0.967 bits per heavy atom. The fourth-order valence-corrected chi connectivity index (χ4v) is 3.54. The van der Waals surface area contributed by atoms with Crippen molar-refractivity contribution < 1.29 is 0 Å². The van der Waals surface area contributed by atoms with E-state index in [9.17, 15) is 0 Å². The molecular formula is C24H22N6. The number of aromatic nitrogens is 5. The number of anilines is 2. The number of benzene rings is 1. The second-order valence-electron chi connectivity index (χ2n) is 7.27. The number of pyridine rings is 2. The van der Waals surface area contributed by atoms with Crippen molar-refractivity contribution in [3.63, 3.8) is 0 Å². The molecule has 6 nitrogen and oxygen atoms in total. The lowest BCUT2D eigenvalue weighted by Crippen LogP contribution is -1.96. The van der Waals surface area contributed by atoms with Gasteiger partial charge < -0.3 is 5.32 Å². The summed E-state index contributed by atoms with van der Waals surface area (Å²) in [6.07, 6.45) is 8.79. The van der Waals surface area contributed by atoms with Crippen LogP contribution < -0.4 is 5.32 Å². The number of nitrogens with zero attached hydrogens (tertiary/aromatic N) is 5. The van der Waals surface area contributed by atoms with Crippen molar-refractivity contribution in [1.29, 1.82) is 0 Å². The van der Waals surface area contributed by atoms with Gasteiger partial charge in [0, 0.05) is 30.7 Å². The summed E-state index contributed by atoms with van der Waals surface area (Å²) in [4.78, 5) is 9.40. The molecule has 4 heterocycles. The second-order valence-corrected chi connectivity index (χ2v) is 7.27. The van der Waals surface area contributed by atoms with Gasteiger partial charge in [-0.15, -0.1) is 0 Å². The van der Waals surface area contributed by atoms with Crippen LogP contribution in [-0.4, -0.2) is 24.1 Å². The maximum Gasteiger partial charge on any atom is 0.137 e. The van der Waals surface area contributed by atoms with Crippen molar-refractivity contribution in [1.82, 2.24) is 24.1 Å². The number of hydrogen-bond acceptors (Lipinski definition) is 4. The Morgan fingerprint density at radius 2 is 1.83 bits per heavy atom. The minimum absolute atomic E-state index is 0.804. The van der Waals surface area contributed by atoms with Crippen LogP contribution in [0.4, 0.5) is 11.5 Å². The second kappa shape index (κ2) is 7.48. The van der Waals surface area contributed by atoms with E-state index in [4.69, 9.17) is 4.98 Å². The molecular weight excluding hydrogens is 372 g/mol. The van der Waals surface area contributed by atoms with E-state index in [1.807, 2.05) is 50.0 Å². The molecule has 4 aromatic heterocycles. The maximum absolute atomic E-state index is 4.80. The van der Waals surface area contributed by atoms with Crippen molar-refractivity contribution in [2.24, 2.45) is 7.05 Å². The van der Waals surface area contributed by atoms with Crippen LogP contribution in [0.25, 0.3) is 28.2 Å². The Morgan fingerprint density at radius 3 is 2.60 bits per heavy atom. The van der Waals surface area contributed by atoms with Gasteiger partial charge in [-0.25, -0.2) is 9.97 Å². The molecule has 6 heteroatoms. The van der Waals surface area contributed by atoms with Crippen LogP contribution in [0.1, 0.15) is 12.5 Å². The van der Waals surface area contributed by atoms with Gasteiger partial charge in [0.25, 0.3) is 0 Å². The van der Waals surface area contributed by atoms with Crippen LogP contribution >= 0.6 is 0 Å². The zero-order valence-electron chi connectivity index (χ0n) is 16.9. The summed E-state index contributed by atoms with van der Waals surface area (Å²) >= 11 is 0. The summed E-state index contributed by atoms with van der Waals surface area (Å²) in [7, 11) is 1.92. The van der Waals surface area contributed by atoms with Crippen LogP contribution in [0.15, 0.2) is 79.4 Å². The standard InChI is InChI=1S/C24H22N6/c1-3-17-7-9-20(10-8-17)27-23-6-4-5-21(28-23)22-15-25-24-13-18(11-12-30(22)24)19-14-26-29(2)16-19/h4-16H,3H2,1-2H3,(H,27,28). The lowest BCUT2D eigenvalue weighted by molar-refractivity contribution is 0.768. The van der Waals surface area contributed by atoms with Gasteiger partial charge in [-0.05, 0) is 53.9 Å². The van der Waals surface area contributed by atoms with E-state index in [1.165, 1.54) is 5.56 Å². The molecule has 0 aliphatic rings. The first kappa shape index (κ1) is 18.1. The average molecular weight is 394 g/mol. The molecule has 148 valence electrons. The summed E-state index contributed by atoms with van der Waals surface area (Å²) in [6, 6.07) is 18.6. The first-order chi connectivity index (χ1) is 14.7. The van der Waals surface area contributed by atoms with E-state index in [-0.39, 0.29) is 0 Å². The fraction of sp³-hybridized carbons (Fsp3) is 0.125. The van der Waals surface area contributed by atoms with Crippen LogP contribution in [0.3, 0.4) is 0 Å². The Hall–Kier alpha value is -3.93. The number of aryl methyl sites for hydroxylation is 2. The van der Waals surface area contributed by atoms with E-state index in [0.29, 0.717) is 0 Å². The predicted molar refractivity (Wildman–Crippen MR) is 120 cm³/mol. The number of imidazole rings is 1. The van der Waals surface area contributed by atoms with E-state index >= 15 is 0 Å². The zero-order chi connectivity index (χ0) is 20.5. The Kier molecular flexibility index (Phi) is 4.52. The van der Waals surface area contributed by atoms with E-state index in [0.717, 1.165) is 46.1 Å². The van der Waals surface area contributed by atoms with E-state index in [2.05, 4.69) is 63.1 Å². The van der Waals surface area contributed by atoms with Crippen LogP contribution in [0.2, 0.25) is 0 Å². The quantitative estimate of drug-likeness (QED) is 0.450. The molecule has 0 amide bonds. The average Bonchev–Trinajstić information content (AvgIpc) is 3.40. The smallest absolute Gasteiger partial charge is 0.137 e. The molecule has 5 aromatic rings. The predicted octanol–water partition coefficient (Wildman–Crippen LogP) is 5.10. The number of nitrogens with one attached hydrogen (secondary N) is 1. The molecule has 0 spiro atoms. The number of hydrogen-bond donors (Lipinski definition) is 1. The van der Waals surface area contributed by atoms with Gasteiger partial charge in [-0.1, -0.05) is 25.1 Å². The summed E-state index contributed by atoms with van der Waals surface area (Å²) in [5.74, 6) is 0.804. The molecule has 0 bridgehead atoms. The largest absolute Gasteiger partial charge is 0.340 e. The van der Waals surface area contributed by atoms with Gasteiger partial charge in [0.15, 0.2) is 0 Å². The SMILES string of the molecule is CCc1ccc(Nc2cccc(-c3cnc4cc(-c5cnn(C)c5)ccn34)n2)cc1. The lowest BCUT2D eigenvalue weighted by atomic mass is 10.1. The zero-order valence-corrected chi connectivity index (χ0v) is 16.9. The molecule has 0 atom stereocenters. The molecule has 0 aliphatic carbocycles. The molecule has 0 unspecified atom stereocenters. The minimum atomic E-state index is 0.804. The van der Waals surface area contributed by atoms with Gasteiger partial charge in [0.2, 0.25) is 0 Å². The summed E-state index contributed by atoms with van der Waals surface area (Å²) in [5, 5.41) is 7.64. The molecule has 0 fully saturated rings. The highest BCUT2D eigenvalue weighted by molar-refractivity contribution is 5.70. The monoisotopic (exact) mass is 394 g/mol. The summed E-state index contributed by atoms with van der Waals surface area (Å²) in [6.45, 7) is 2.16. The third-order valence-electron chi connectivity index (χ3n) is 5.20. The van der Waals surface area contributed by atoms with Gasteiger partial charge in [-0.3, -0.25) is 9.08 Å². The third kappa shape index (κ3) is 3.43. The van der Waals surface area contributed by atoms with Gasteiger partial charge in [0.05, 0.1) is 23.8 Å². The topological polar surface area (TPSA) is 60.0 Å². The maximum atomic E-state index is 4.80. The first-order valence-corrected chi connectivity index (χ1v) is 9.99. The molecule has 0 saturated heterocycles. The summed E-state index contributed by atoms with van der Waals surface area (Å²) in [5.41, 5.74) is 7.20. The summed E-state index contributed by atoms with van der Waals surface area (Å²) < 4.78 is 3.86. The molecule has 0 aliphatic heterocycles. The molecule has 30 heavy (non-hydrogen) atoms. The fourth-order valence-electron chi connectivity index (χ4n) is 3.54. The molecule has 1 N–H and O–H groups in total. The van der Waals surface area contributed by atoms with Crippen molar-refractivity contribution in [2.75, 3.05) is 5.32 Å². The molecule has 5 rings (SSSR count). The van der Waals surface area contributed by atoms with Crippen LogP contribution in [-0.2, 0) is 13.5 Å².